The number of thiazole rings is 1. The summed E-state index contributed by atoms with van der Waals surface area (Å²) >= 11 is 6.43. The second kappa shape index (κ2) is 4.11. The Morgan fingerprint density at radius 3 is 3.08 bits per heavy atom. The topological polar surface area (TPSA) is 30.0 Å². The molecule has 0 spiro atoms. The van der Waals surface area contributed by atoms with E-state index in [1.807, 2.05) is 5.38 Å². The molecule has 0 bridgehead atoms. The third-order valence-electron chi connectivity index (χ3n) is 1.91. The summed E-state index contributed by atoms with van der Waals surface area (Å²) in [6.45, 7) is 0. The van der Waals surface area contributed by atoms with Gasteiger partial charge in [-0.3, -0.25) is 4.79 Å². The van der Waals surface area contributed by atoms with Gasteiger partial charge in [0.2, 0.25) is 5.78 Å². The Bertz CT molecular complexity index is 320. The average molecular weight is 278 g/mol. The molecule has 1 aromatic heterocycles. The Hall–Kier alpha value is 0.130. The first-order chi connectivity index (χ1) is 6.27. The van der Waals surface area contributed by atoms with Crippen molar-refractivity contribution in [2.75, 3.05) is 5.75 Å². The van der Waals surface area contributed by atoms with Crippen LogP contribution in [-0.2, 0) is 0 Å². The molecule has 0 N–H and O–H groups in total. The first kappa shape index (κ1) is 9.68. The fourth-order valence-corrected chi connectivity index (χ4v) is 3.82. The Morgan fingerprint density at radius 2 is 2.54 bits per heavy atom. The quantitative estimate of drug-likeness (QED) is 0.779. The largest absolute Gasteiger partial charge is 0.290 e. The maximum absolute atomic E-state index is 11.8. The summed E-state index contributed by atoms with van der Waals surface area (Å²) in [7, 11) is 0. The summed E-state index contributed by atoms with van der Waals surface area (Å²) in [4.78, 5) is 15.9. The van der Waals surface area contributed by atoms with Gasteiger partial charge in [-0.2, -0.15) is 11.8 Å². The minimum absolute atomic E-state index is 0.165. The molecule has 1 fully saturated rings. The zero-order valence-corrected chi connectivity index (χ0v) is 10.0. The van der Waals surface area contributed by atoms with Gasteiger partial charge in [-0.05, 0) is 34.5 Å². The second-order valence-electron chi connectivity index (χ2n) is 2.84. The lowest BCUT2D eigenvalue weighted by molar-refractivity contribution is 0.0988. The van der Waals surface area contributed by atoms with Crippen LogP contribution in [0.25, 0.3) is 0 Å². The number of Topliss-reactive ketones (excluding diaryl/α,β-unsaturated/α-hetero) is 1. The van der Waals surface area contributed by atoms with E-state index in [-0.39, 0.29) is 11.0 Å². The van der Waals surface area contributed by atoms with Gasteiger partial charge in [-0.15, -0.1) is 11.3 Å². The highest BCUT2D eigenvalue weighted by molar-refractivity contribution is 9.10. The number of aromatic nitrogens is 1. The van der Waals surface area contributed by atoms with Gasteiger partial charge in [-0.25, -0.2) is 4.98 Å². The number of nitrogens with zero attached hydrogens (tertiary/aromatic N) is 1. The molecule has 1 atom stereocenters. The second-order valence-corrected chi connectivity index (χ2v) is 5.82. The molecule has 70 valence electrons. The molecule has 1 unspecified atom stereocenters. The molecule has 1 saturated heterocycles. The molecular formula is C8H8BrNOS2. The monoisotopic (exact) mass is 277 g/mol. The lowest BCUT2D eigenvalue weighted by Gasteiger charge is -2.02. The van der Waals surface area contributed by atoms with Gasteiger partial charge in [0.1, 0.15) is 4.60 Å². The first-order valence-corrected chi connectivity index (χ1v) is 6.76. The van der Waals surface area contributed by atoms with Crippen molar-refractivity contribution in [3.63, 3.8) is 0 Å². The number of ketones is 1. The van der Waals surface area contributed by atoms with Crippen LogP contribution in [-0.4, -0.2) is 21.8 Å². The molecule has 13 heavy (non-hydrogen) atoms. The van der Waals surface area contributed by atoms with E-state index in [2.05, 4.69) is 20.9 Å². The van der Waals surface area contributed by atoms with Crippen molar-refractivity contribution in [2.45, 2.75) is 18.1 Å². The molecule has 0 aromatic carbocycles. The van der Waals surface area contributed by atoms with Crippen LogP contribution in [0.2, 0.25) is 0 Å². The van der Waals surface area contributed by atoms with Crippen molar-refractivity contribution in [3.05, 3.63) is 15.0 Å². The molecule has 1 aromatic rings. The predicted octanol–water partition coefficient (Wildman–Crippen LogP) is 2.98. The van der Waals surface area contributed by atoms with Gasteiger partial charge in [0.25, 0.3) is 0 Å². The summed E-state index contributed by atoms with van der Waals surface area (Å²) in [6.07, 6.45) is 2.17. The molecular weight excluding hydrogens is 270 g/mol. The summed E-state index contributed by atoms with van der Waals surface area (Å²) in [5, 5.41) is 2.66. The van der Waals surface area contributed by atoms with Crippen molar-refractivity contribution in [3.8, 4) is 0 Å². The SMILES string of the molecule is O=C(c1nc(Br)cs1)C1CCCS1. The number of halogens is 1. The van der Waals surface area contributed by atoms with Crippen LogP contribution >= 0.6 is 39.0 Å². The minimum atomic E-state index is 0.165. The molecule has 1 aliphatic heterocycles. The molecule has 2 heterocycles. The number of carbonyl (C=O) groups is 1. The third-order valence-corrected chi connectivity index (χ3v) is 4.85. The Morgan fingerprint density at radius 1 is 1.69 bits per heavy atom. The van der Waals surface area contributed by atoms with E-state index < -0.39 is 0 Å². The maximum atomic E-state index is 11.8. The fourth-order valence-electron chi connectivity index (χ4n) is 1.29. The summed E-state index contributed by atoms with van der Waals surface area (Å²) < 4.78 is 0.767. The van der Waals surface area contributed by atoms with E-state index in [0.717, 1.165) is 23.2 Å². The molecule has 2 nitrogen and oxygen atoms in total. The van der Waals surface area contributed by atoms with Crippen molar-refractivity contribution in [1.82, 2.24) is 4.98 Å². The normalized spacial score (nSPS) is 22.1. The molecule has 5 heteroatoms. The highest BCUT2D eigenvalue weighted by Gasteiger charge is 2.26. The van der Waals surface area contributed by atoms with E-state index >= 15 is 0 Å². The van der Waals surface area contributed by atoms with Crippen LogP contribution in [0, 0.1) is 0 Å². The average Bonchev–Trinajstić information content (AvgIpc) is 2.72. The van der Waals surface area contributed by atoms with Crippen LogP contribution in [0.4, 0.5) is 0 Å². The van der Waals surface area contributed by atoms with Crippen LogP contribution in [0.1, 0.15) is 22.6 Å². The number of thioether (sulfide) groups is 1. The lowest BCUT2D eigenvalue weighted by atomic mass is 10.2. The number of carbonyl (C=O) groups excluding carboxylic acids is 1. The highest BCUT2D eigenvalue weighted by Crippen LogP contribution is 2.30. The van der Waals surface area contributed by atoms with Gasteiger partial charge < -0.3 is 0 Å². The van der Waals surface area contributed by atoms with Gasteiger partial charge >= 0.3 is 0 Å². The highest BCUT2D eigenvalue weighted by atomic mass is 79.9. The van der Waals surface area contributed by atoms with Gasteiger partial charge in [0.15, 0.2) is 5.01 Å². The van der Waals surface area contributed by atoms with E-state index in [9.17, 15) is 4.79 Å². The van der Waals surface area contributed by atoms with Crippen molar-refractivity contribution in [2.24, 2.45) is 0 Å². The van der Waals surface area contributed by atoms with Crippen LogP contribution in [0.3, 0.4) is 0 Å². The van der Waals surface area contributed by atoms with E-state index in [1.54, 1.807) is 11.8 Å². The van der Waals surface area contributed by atoms with Gasteiger partial charge in [0.05, 0.1) is 5.25 Å². The Labute approximate surface area is 93.3 Å². The van der Waals surface area contributed by atoms with Crippen molar-refractivity contribution < 1.29 is 4.79 Å². The number of hydrogen-bond donors (Lipinski definition) is 0. The lowest BCUT2D eigenvalue weighted by Crippen LogP contribution is -2.13. The van der Waals surface area contributed by atoms with Crippen LogP contribution in [0.5, 0.6) is 0 Å². The van der Waals surface area contributed by atoms with E-state index in [0.29, 0.717) is 5.01 Å². The molecule has 2 rings (SSSR count). The number of rotatable bonds is 2. The Balaban J connectivity index is 2.12. The minimum Gasteiger partial charge on any atom is -0.290 e. The summed E-state index contributed by atoms with van der Waals surface area (Å²) in [6, 6.07) is 0. The van der Waals surface area contributed by atoms with Crippen LogP contribution < -0.4 is 0 Å². The molecule has 0 radical (unpaired) electrons. The molecule has 0 amide bonds. The molecule has 0 saturated carbocycles. The summed E-state index contributed by atoms with van der Waals surface area (Å²) in [5.41, 5.74) is 0. The standard InChI is InChI=1S/C8H8BrNOS2/c9-6-4-13-8(10-6)7(11)5-2-1-3-12-5/h4-5H,1-3H2. The van der Waals surface area contributed by atoms with Crippen LogP contribution in [0.15, 0.2) is 9.98 Å². The maximum Gasteiger partial charge on any atom is 0.204 e. The Kier molecular flexibility index (Phi) is 3.06. The molecule has 0 aliphatic carbocycles. The van der Waals surface area contributed by atoms with E-state index in [4.69, 9.17) is 0 Å². The predicted molar refractivity (Wildman–Crippen MR) is 59.6 cm³/mol. The summed E-state index contributed by atoms with van der Waals surface area (Å²) in [5.74, 6) is 1.32. The van der Waals surface area contributed by atoms with E-state index in [1.165, 1.54) is 11.3 Å². The smallest absolute Gasteiger partial charge is 0.204 e. The van der Waals surface area contributed by atoms with Gasteiger partial charge in [-0.1, -0.05) is 0 Å². The third kappa shape index (κ3) is 2.14. The fraction of sp³-hybridized carbons (Fsp3) is 0.500. The zero-order valence-electron chi connectivity index (χ0n) is 6.83. The van der Waals surface area contributed by atoms with Crippen molar-refractivity contribution in [1.29, 1.82) is 0 Å². The molecule has 1 aliphatic rings. The number of hydrogen-bond acceptors (Lipinski definition) is 4. The van der Waals surface area contributed by atoms with Gasteiger partial charge in [0, 0.05) is 5.38 Å². The van der Waals surface area contributed by atoms with Crippen molar-refractivity contribution >= 4 is 44.8 Å². The first-order valence-electron chi connectivity index (χ1n) is 4.04. The zero-order chi connectivity index (χ0) is 9.26.